The number of nitrogens with zero attached hydrogens (tertiary/aromatic N) is 1. The van der Waals surface area contributed by atoms with Gasteiger partial charge in [-0.05, 0) is 30.3 Å². The Kier molecular flexibility index (Phi) is 3.56. The molecule has 2 aromatic carbocycles. The van der Waals surface area contributed by atoms with Crippen molar-refractivity contribution in [2.45, 2.75) is 4.90 Å². The number of rotatable bonds is 3. The molecule has 1 heterocycles. The molecule has 22 heavy (non-hydrogen) atoms. The summed E-state index contributed by atoms with van der Waals surface area (Å²) in [5.74, 6) is -0.220. The van der Waals surface area contributed by atoms with Crippen LogP contribution < -0.4 is 0 Å². The van der Waals surface area contributed by atoms with Crippen LogP contribution in [0.4, 0.5) is 0 Å². The van der Waals surface area contributed by atoms with Gasteiger partial charge in [0.05, 0.1) is 12.6 Å². The fraction of sp³-hybridized carbons (Fsp3) is 0.0625. The van der Waals surface area contributed by atoms with Crippen molar-refractivity contribution in [3.8, 4) is 0 Å². The fourth-order valence-electron chi connectivity index (χ4n) is 2.34. The molecule has 0 atom stereocenters. The smallest absolute Gasteiger partial charge is 0.283 e. The molecule has 6 heteroatoms. The summed E-state index contributed by atoms with van der Waals surface area (Å²) >= 11 is 0. The van der Waals surface area contributed by atoms with Crippen LogP contribution in [0.25, 0.3) is 10.9 Å². The van der Waals surface area contributed by atoms with Gasteiger partial charge in [-0.3, -0.25) is 13.5 Å². The first-order chi connectivity index (χ1) is 10.5. The largest absolute Gasteiger partial charge is 0.297 e. The summed E-state index contributed by atoms with van der Waals surface area (Å²) in [5.41, 5.74) is 1.05. The van der Waals surface area contributed by atoms with Crippen molar-refractivity contribution in [2.75, 3.05) is 7.11 Å². The molecule has 5 nitrogen and oxygen atoms in total. The molecule has 0 fully saturated rings. The molecule has 0 N–H and O–H groups in total. The van der Waals surface area contributed by atoms with Crippen molar-refractivity contribution in [1.29, 1.82) is 0 Å². The van der Waals surface area contributed by atoms with E-state index >= 15 is 0 Å². The van der Waals surface area contributed by atoms with Gasteiger partial charge < -0.3 is 0 Å². The zero-order valence-electron chi connectivity index (χ0n) is 11.8. The van der Waals surface area contributed by atoms with E-state index in [0.717, 1.165) is 7.11 Å². The van der Waals surface area contributed by atoms with Gasteiger partial charge in [0.1, 0.15) is 4.90 Å². The van der Waals surface area contributed by atoms with Crippen LogP contribution in [-0.2, 0) is 14.3 Å². The Balaban J connectivity index is 2.19. The van der Waals surface area contributed by atoms with E-state index in [1.54, 1.807) is 48.7 Å². The predicted molar refractivity (Wildman–Crippen MR) is 82.3 cm³/mol. The highest BCUT2D eigenvalue weighted by Crippen LogP contribution is 2.25. The molecule has 1 aromatic heterocycles. The van der Waals surface area contributed by atoms with E-state index in [2.05, 4.69) is 4.18 Å². The maximum Gasteiger partial charge on any atom is 0.297 e. The van der Waals surface area contributed by atoms with Crippen LogP contribution in [0.2, 0.25) is 0 Å². The first-order valence-electron chi connectivity index (χ1n) is 6.55. The zero-order valence-corrected chi connectivity index (χ0v) is 12.6. The van der Waals surface area contributed by atoms with Crippen LogP contribution in [0.1, 0.15) is 10.4 Å². The van der Waals surface area contributed by atoms with Gasteiger partial charge in [-0.25, -0.2) is 0 Å². The molecule has 0 saturated heterocycles. The SMILES string of the molecule is COS(=O)(=O)c1cccc2c1ccn2C(=O)c1ccccc1. The molecule has 112 valence electrons. The normalized spacial score (nSPS) is 11.7. The summed E-state index contributed by atoms with van der Waals surface area (Å²) in [6, 6.07) is 15.1. The third-order valence-electron chi connectivity index (χ3n) is 3.42. The molecular weight excluding hydrogens is 302 g/mol. The maximum absolute atomic E-state index is 12.5. The summed E-state index contributed by atoms with van der Waals surface area (Å²) in [4.78, 5) is 12.6. The van der Waals surface area contributed by atoms with Gasteiger partial charge in [-0.2, -0.15) is 8.42 Å². The Morgan fingerprint density at radius 3 is 2.41 bits per heavy atom. The van der Waals surface area contributed by atoms with Crippen LogP contribution in [0, 0.1) is 0 Å². The molecule has 3 rings (SSSR count). The van der Waals surface area contributed by atoms with Crippen LogP contribution >= 0.6 is 0 Å². The molecule has 3 aromatic rings. The Labute approximate surface area is 127 Å². The molecule has 0 amide bonds. The minimum atomic E-state index is -3.83. The van der Waals surface area contributed by atoms with Gasteiger partial charge in [-0.1, -0.05) is 24.3 Å². The number of carbonyl (C=O) groups is 1. The Bertz CT molecular complexity index is 943. The van der Waals surface area contributed by atoms with E-state index in [4.69, 9.17) is 0 Å². The lowest BCUT2D eigenvalue weighted by Crippen LogP contribution is -2.10. The third kappa shape index (κ3) is 2.32. The number of benzene rings is 2. The molecular formula is C16H13NO4S. The van der Waals surface area contributed by atoms with Crippen molar-refractivity contribution < 1.29 is 17.4 Å². The van der Waals surface area contributed by atoms with Crippen LogP contribution in [0.15, 0.2) is 65.7 Å². The first-order valence-corrected chi connectivity index (χ1v) is 7.96. The van der Waals surface area contributed by atoms with Gasteiger partial charge in [0, 0.05) is 17.1 Å². The molecule has 0 spiro atoms. The molecule has 0 aliphatic rings. The van der Waals surface area contributed by atoms with Gasteiger partial charge >= 0.3 is 0 Å². The van der Waals surface area contributed by atoms with E-state index in [-0.39, 0.29) is 10.8 Å². The van der Waals surface area contributed by atoms with Gasteiger partial charge in [0.15, 0.2) is 0 Å². The van der Waals surface area contributed by atoms with Gasteiger partial charge in [0.2, 0.25) is 0 Å². The molecule has 0 radical (unpaired) electrons. The highest BCUT2D eigenvalue weighted by atomic mass is 32.2. The lowest BCUT2D eigenvalue weighted by molar-refractivity contribution is 0.0965. The quantitative estimate of drug-likeness (QED) is 0.697. The molecule has 0 unspecified atom stereocenters. The maximum atomic E-state index is 12.5. The van der Waals surface area contributed by atoms with Crippen molar-refractivity contribution in [3.63, 3.8) is 0 Å². The second-order valence-electron chi connectivity index (χ2n) is 4.67. The fourth-order valence-corrected chi connectivity index (χ4v) is 3.21. The first kappa shape index (κ1) is 14.5. The minimum Gasteiger partial charge on any atom is -0.283 e. The van der Waals surface area contributed by atoms with Crippen LogP contribution in [0.3, 0.4) is 0 Å². The Morgan fingerprint density at radius 2 is 1.73 bits per heavy atom. The van der Waals surface area contributed by atoms with Crippen LogP contribution in [-0.4, -0.2) is 26.0 Å². The predicted octanol–water partition coefficient (Wildman–Crippen LogP) is 2.66. The summed E-state index contributed by atoms with van der Waals surface area (Å²) in [5, 5.41) is 0.452. The number of carbonyl (C=O) groups excluding carboxylic acids is 1. The third-order valence-corrected chi connectivity index (χ3v) is 4.75. The average Bonchev–Trinajstić information content (AvgIpc) is 2.98. The highest BCUT2D eigenvalue weighted by molar-refractivity contribution is 7.87. The summed E-state index contributed by atoms with van der Waals surface area (Å²) in [6.45, 7) is 0. The minimum absolute atomic E-state index is 0.0483. The second-order valence-corrected chi connectivity index (χ2v) is 6.35. The Morgan fingerprint density at radius 1 is 1.00 bits per heavy atom. The number of hydrogen-bond acceptors (Lipinski definition) is 4. The lowest BCUT2D eigenvalue weighted by Gasteiger charge is -2.06. The van der Waals surface area contributed by atoms with E-state index in [9.17, 15) is 13.2 Å². The van der Waals surface area contributed by atoms with Gasteiger partial charge in [-0.15, -0.1) is 0 Å². The molecule has 0 bridgehead atoms. The average molecular weight is 315 g/mol. The monoisotopic (exact) mass is 315 g/mol. The van der Waals surface area contributed by atoms with Gasteiger partial charge in [0.25, 0.3) is 16.0 Å². The van der Waals surface area contributed by atoms with E-state index in [1.807, 2.05) is 6.07 Å². The lowest BCUT2D eigenvalue weighted by atomic mass is 10.2. The number of fused-ring (bicyclic) bond motifs is 1. The van der Waals surface area contributed by atoms with Crippen molar-refractivity contribution in [3.05, 3.63) is 66.4 Å². The van der Waals surface area contributed by atoms with E-state index < -0.39 is 10.1 Å². The summed E-state index contributed by atoms with van der Waals surface area (Å²) < 4.78 is 29.9. The van der Waals surface area contributed by atoms with Crippen molar-refractivity contribution in [1.82, 2.24) is 4.57 Å². The number of hydrogen-bond donors (Lipinski definition) is 0. The zero-order chi connectivity index (χ0) is 15.7. The molecule has 0 aliphatic carbocycles. The molecule has 0 aliphatic heterocycles. The standard InChI is InChI=1S/C16H13NO4S/c1-21-22(19,20)15-9-5-8-14-13(15)10-11-17(14)16(18)12-6-3-2-4-7-12/h2-11H,1H3. The van der Waals surface area contributed by atoms with E-state index in [1.165, 1.54) is 10.6 Å². The second kappa shape index (κ2) is 5.40. The number of aromatic nitrogens is 1. The summed E-state index contributed by atoms with van der Waals surface area (Å²) in [7, 11) is -2.72. The van der Waals surface area contributed by atoms with Crippen LogP contribution in [0.5, 0.6) is 0 Å². The topological polar surface area (TPSA) is 65.4 Å². The van der Waals surface area contributed by atoms with E-state index in [0.29, 0.717) is 16.5 Å². The Hall–Kier alpha value is -2.44. The molecule has 0 saturated carbocycles. The summed E-state index contributed by atoms with van der Waals surface area (Å²) in [6.07, 6.45) is 1.56. The highest BCUT2D eigenvalue weighted by Gasteiger charge is 2.19. The van der Waals surface area contributed by atoms with Crippen molar-refractivity contribution in [2.24, 2.45) is 0 Å². The van der Waals surface area contributed by atoms with Crippen molar-refractivity contribution >= 4 is 26.9 Å².